The first-order valence-corrected chi connectivity index (χ1v) is 21.4. The van der Waals surface area contributed by atoms with E-state index >= 15 is 0 Å². The van der Waals surface area contributed by atoms with Gasteiger partial charge in [0.1, 0.15) is 12.3 Å². The molecule has 3 atom stereocenters. The Kier molecular flexibility index (Phi) is 11.7. The number of aryl methyl sites for hydroxylation is 2. The third-order valence-electron chi connectivity index (χ3n) is 11.6. The summed E-state index contributed by atoms with van der Waals surface area (Å²) in [5.74, 6) is -0.654. The summed E-state index contributed by atoms with van der Waals surface area (Å²) in [6.45, 7) is 3.25. The van der Waals surface area contributed by atoms with Crippen LogP contribution in [0.5, 0.6) is 0 Å². The molecule has 12 nitrogen and oxygen atoms in total. The topological polar surface area (TPSA) is 159 Å². The van der Waals surface area contributed by atoms with Crippen molar-refractivity contribution in [1.29, 1.82) is 0 Å². The second-order valence-electron chi connectivity index (χ2n) is 15.8. The summed E-state index contributed by atoms with van der Waals surface area (Å²) in [4.78, 5) is 56.1. The molecule has 5 heterocycles. The third kappa shape index (κ3) is 8.16. The fraction of sp³-hybridized carbons (Fsp3) is 0.400. The number of imidazole rings is 1. The second kappa shape index (κ2) is 17.2. The van der Waals surface area contributed by atoms with E-state index in [1.165, 1.54) is 0 Å². The van der Waals surface area contributed by atoms with Crippen molar-refractivity contribution in [3.63, 3.8) is 0 Å². The Labute approximate surface area is 341 Å². The first-order valence-electron chi connectivity index (χ1n) is 20.6. The number of benzene rings is 3. The number of hydrogen-bond acceptors (Lipinski definition) is 9. The first-order chi connectivity index (χ1) is 28.2. The van der Waals surface area contributed by atoms with Crippen LogP contribution in [0.2, 0.25) is 0 Å². The minimum absolute atomic E-state index is 0.0616. The van der Waals surface area contributed by atoms with Gasteiger partial charge in [-0.2, -0.15) is 0 Å². The number of imide groups is 1. The van der Waals surface area contributed by atoms with Crippen LogP contribution in [-0.2, 0) is 34.4 Å². The third-order valence-corrected chi connectivity index (χ3v) is 12.8. The lowest BCUT2D eigenvalue weighted by Gasteiger charge is -2.21. The van der Waals surface area contributed by atoms with Gasteiger partial charge >= 0.3 is 5.69 Å². The maximum Gasteiger partial charge on any atom is 0.329 e. The number of anilines is 1. The maximum atomic E-state index is 13.2. The van der Waals surface area contributed by atoms with Crippen molar-refractivity contribution in [2.24, 2.45) is 7.05 Å². The molecule has 13 heteroatoms. The average molecular weight is 802 g/mol. The van der Waals surface area contributed by atoms with Crippen LogP contribution >= 0.6 is 11.3 Å². The van der Waals surface area contributed by atoms with Crippen molar-refractivity contribution < 1.29 is 19.5 Å². The van der Waals surface area contributed by atoms with Crippen LogP contribution in [0.4, 0.5) is 5.69 Å². The molecule has 0 bridgehead atoms. The number of unbranched alkanes of at least 4 members (excludes halogenated alkanes) is 6. The Morgan fingerprint density at radius 3 is 2.59 bits per heavy atom. The lowest BCUT2D eigenvalue weighted by atomic mass is 10.0. The van der Waals surface area contributed by atoms with Crippen molar-refractivity contribution >= 4 is 66.8 Å². The van der Waals surface area contributed by atoms with E-state index in [0.29, 0.717) is 19.4 Å². The predicted octanol–water partition coefficient (Wildman–Crippen LogP) is 7.12. The molecule has 302 valence electrons. The summed E-state index contributed by atoms with van der Waals surface area (Å²) >= 11 is 1.60. The number of piperidine rings is 1. The molecule has 1 saturated heterocycles. The first kappa shape index (κ1) is 39.5. The quantitative estimate of drug-likeness (QED) is 0.0576. The fourth-order valence-corrected chi connectivity index (χ4v) is 9.72. The van der Waals surface area contributed by atoms with Crippen molar-refractivity contribution in [1.82, 2.24) is 30.1 Å². The molecule has 5 N–H and O–H groups in total. The van der Waals surface area contributed by atoms with E-state index in [0.717, 1.165) is 123 Å². The number of nitrogens with zero attached hydrogens (tertiary/aromatic N) is 3. The number of rotatable bonds is 14. The SMILES string of the molecule is C[C@@H]1CNc2c(sc3ccc4nc(-c5cccc(CNC(=O)CCCCCCCCCc6cccc7c6n(C)c(=O)n7C6CCC(=O)NC6=O)c5)ccc4c23)C(O)N1. The molecule has 3 aromatic carbocycles. The number of para-hydroxylation sites is 1. The van der Waals surface area contributed by atoms with Crippen LogP contribution in [0.15, 0.2) is 71.5 Å². The van der Waals surface area contributed by atoms with Gasteiger partial charge in [-0.1, -0.05) is 62.4 Å². The Morgan fingerprint density at radius 1 is 0.966 bits per heavy atom. The molecular formula is C45H51N7O5S. The highest BCUT2D eigenvalue weighted by Crippen LogP contribution is 2.43. The molecule has 8 rings (SSSR count). The second-order valence-corrected chi connectivity index (χ2v) is 16.9. The molecule has 58 heavy (non-hydrogen) atoms. The van der Waals surface area contributed by atoms with E-state index in [1.807, 2.05) is 42.5 Å². The van der Waals surface area contributed by atoms with Gasteiger partial charge in [-0.15, -0.1) is 11.3 Å². The molecule has 6 aromatic rings. The molecule has 0 spiro atoms. The normalized spacial score (nSPS) is 18.3. The number of thiophene rings is 1. The largest absolute Gasteiger partial charge is 0.382 e. The van der Waals surface area contributed by atoms with Crippen LogP contribution in [-0.4, -0.2) is 49.5 Å². The number of nitrogens with one attached hydrogen (secondary N) is 4. The number of pyridine rings is 1. The summed E-state index contributed by atoms with van der Waals surface area (Å²) in [5.41, 5.74) is 7.22. The molecule has 0 radical (unpaired) electrons. The summed E-state index contributed by atoms with van der Waals surface area (Å²) in [7, 11) is 1.75. The summed E-state index contributed by atoms with van der Waals surface area (Å²) in [6, 6.07) is 21.8. The van der Waals surface area contributed by atoms with E-state index in [2.05, 4.69) is 52.5 Å². The zero-order chi connectivity index (χ0) is 40.3. The summed E-state index contributed by atoms with van der Waals surface area (Å²) in [5, 5.41) is 25.2. The summed E-state index contributed by atoms with van der Waals surface area (Å²) in [6.07, 6.45) is 8.45. The van der Waals surface area contributed by atoms with Crippen LogP contribution in [0.25, 0.3) is 43.3 Å². The number of carbonyl (C=O) groups is 3. The van der Waals surface area contributed by atoms with Crippen LogP contribution in [0.1, 0.15) is 99.4 Å². The molecule has 0 saturated carbocycles. The Hall–Kier alpha value is -5.37. The highest BCUT2D eigenvalue weighted by atomic mass is 32.1. The summed E-state index contributed by atoms with van der Waals surface area (Å²) < 4.78 is 4.29. The van der Waals surface area contributed by atoms with Gasteiger partial charge in [0.2, 0.25) is 17.7 Å². The van der Waals surface area contributed by atoms with Gasteiger partial charge < -0.3 is 15.7 Å². The van der Waals surface area contributed by atoms with Crippen molar-refractivity contribution in [2.45, 2.75) is 102 Å². The molecule has 0 aliphatic carbocycles. The maximum absolute atomic E-state index is 13.2. The molecule has 1 fully saturated rings. The molecule has 3 amide bonds. The molecule has 3 aromatic heterocycles. The predicted molar refractivity (Wildman–Crippen MR) is 230 cm³/mol. The molecular weight excluding hydrogens is 751 g/mol. The van der Waals surface area contributed by atoms with Crippen LogP contribution < -0.4 is 27.0 Å². The van der Waals surface area contributed by atoms with Gasteiger partial charge in [0.15, 0.2) is 0 Å². The number of aromatic nitrogens is 3. The van der Waals surface area contributed by atoms with Gasteiger partial charge in [0.25, 0.3) is 0 Å². The van der Waals surface area contributed by atoms with Gasteiger partial charge in [-0.25, -0.2) is 9.78 Å². The zero-order valence-electron chi connectivity index (χ0n) is 33.1. The number of fused-ring (bicyclic) bond motifs is 6. The monoisotopic (exact) mass is 801 g/mol. The van der Waals surface area contributed by atoms with Crippen LogP contribution in [0, 0.1) is 0 Å². The average Bonchev–Trinajstić information content (AvgIpc) is 3.68. The number of amides is 3. The van der Waals surface area contributed by atoms with Crippen molar-refractivity contribution in [3.05, 3.63) is 93.2 Å². The van der Waals surface area contributed by atoms with Crippen LogP contribution in [0.3, 0.4) is 0 Å². The van der Waals surface area contributed by atoms with E-state index in [9.17, 15) is 24.3 Å². The Balaban J connectivity index is 0.768. The van der Waals surface area contributed by atoms with Crippen molar-refractivity contribution in [3.8, 4) is 11.3 Å². The zero-order valence-corrected chi connectivity index (χ0v) is 33.9. The number of aliphatic hydroxyl groups excluding tert-OH is 1. The minimum Gasteiger partial charge on any atom is -0.382 e. The number of aliphatic hydroxyl groups is 1. The Bertz CT molecular complexity index is 2570. The standard InChI is InChI=1S/C45H51N7O5S/c1-27-25-47-40-39-31-18-19-32(49-33(31)20-22-36(39)58-42(40)44(56)48-27)30-15-10-12-28(24-30)26-46-37(53)17-9-7-5-3-4-6-8-13-29-14-11-16-34-41(29)51(2)45(57)52(34)35-21-23-38(54)50-43(35)55/h10-12,14-16,18-20,22,24,27,35,44,47-48,56H,3-9,13,17,21,23,25-26H2,1-2H3,(H,46,53)(H,50,54,55)/t27-,35?,44?/m1/s1. The van der Waals surface area contributed by atoms with Crippen molar-refractivity contribution in [2.75, 3.05) is 11.9 Å². The van der Waals surface area contributed by atoms with Gasteiger partial charge in [-0.05, 0) is 80.1 Å². The van der Waals surface area contributed by atoms with Gasteiger partial charge in [0, 0.05) is 60.1 Å². The fourth-order valence-electron chi connectivity index (χ4n) is 8.57. The number of carbonyl (C=O) groups excluding carboxylic acids is 3. The highest BCUT2D eigenvalue weighted by Gasteiger charge is 2.31. The van der Waals surface area contributed by atoms with E-state index in [4.69, 9.17) is 4.98 Å². The number of hydrogen-bond donors (Lipinski definition) is 5. The van der Waals surface area contributed by atoms with E-state index < -0.39 is 18.2 Å². The van der Waals surface area contributed by atoms with E-state index in [-0.39, 0.29) is 30.0 Å². The highest BCUT2D eigenvalue weighted by molar-refractivity contribution is 7.20. The smallest absolute Gasteiger partial charge is 0.329 e. The molecule has 2 unspecified atom stereocenters. The Morgan fingerprint density at radius 2 is 1.76 bits per heavy atom. The lowest BCUT2D eigenvalue weighted by Crippen LogP contribution is -2.44. The minimum atomic E-state index is -0.706. The van der Waals surface area contributed by atoms with Gasteiger partial charge in [0.05, 0.1) is 32.8 Å². The van der Waals surface area contributed by atoms with E-state index in [1.54, 1.807) is 27.5 Å². The van der Waals surface area contributed by atoms with Gasteiger partial charge in [-0.3, -0.25) is 34.2 Å². The molecule has 2 aliphatic heterocycles. The lowest BCUT2D eigenvalue weighted by molar-refractivity contribution is -0.135. The molecule has 2 aliphatic rings.